The van der Waals surface area contributed by atoms with Gasteiger partial charge in [-0.15, -0.1) is 0 Å². The van der Waals surface area contributed by atoms with Crippen LogP contribution in [-0.4, -0.2) is 18.4 Å². The Hall–Kier alpha value is -0.530. The van der Waals surface area contributed by atoms with Crippen LogP contribution in [0, 0.1) is 11.8 Å². The predicted molar refractivity (Wildman–Crippen MR) is 81.6 cm³/mol. The van der Waals surface area contributed by atoms with Crippen molar-refractivity contribution in [2.75, 3.05) is 6.54 Å². The van der Waals surface area contributed by atoms with Gasteiger partial charge in [-0.2, -0.15) is 0 Å². The van der Waals surface area contributed by atoms with Crippen molar-refractivity contribution in [1.29, 1.82) is 0 Å². The van der Waals surface area contributed by atoms with Crippen LogP contribution in [0.3, 0.4) is 0 Å². The molecule has 1 heterocycles. The summed E-state index contributed by atoms with van der Waals surface area (Å²) in [4.78, 5) is 4.77. The first-order valence-corrected chi connectivity index (χ1v) is 8.73. The van der Waals surface area contributed by atoms with Gasteiger partial charge in [0.25, 0.3) is 0 Å². The van der Waals surface area contributed by atoms with E-state index >= 15 is 0 Å². The van der Waals surface area contributed by atoms with Crippen LogP contribution in [0.15, 0.2) is 4.99 Å². The molecule has 0 saturated heterocycles. The largest absolute Gasteiger partial charge is 0.371 e. The average Bonchev–Trinajstić information content (AvgIpc) is 2.75. The van der Waals surface area contributed by atoms with Crippen LogP contribution in [0.2, 0.25) is 0 Å². The first kappa shape index (κ1) is 13.5. The maximum absolute atomic E-state index is 4.77. The molecule has 108 valence electrons. The Morgan fingerprint density at radius 2 is 1.63 bits per heavy atom. The highest BCUT2D eigenvalue weighted by atomic mass is 15.0. The van der Waals surface area contributed by atoms with Crippen LogP contribution in [0.4, 0.5) is 0 Å². The number of hydrogen-bond acceptors (Lipinski definition) is 2. The second-order valence-electron chi connectivity index (χ2n) is 6.88. The number of hydrogen-bond donors (Lipinski definition) is 1. The van der Waals surface area contributed by atoms with Crippen molar-refractivity contribution < 1.29 is 0 Å². The molecule has 0 aromatic carbocycles. The van der Waals surface area contributed by atoms with Crippen LogP contribution in [0.5, 0.6) is 0 Å². The van der Waals surface area contributed by atoms with Crippen molar-refractivity contribution in [3.8, 4) is 0 Å². The van der Waals surface area contributed by atoms with Crippen LogP contribution in [0.25, 0.3) is 0 Å². The molecule has 1 N–H and O–H groups in total. The number of rotatable bonds is 2. The van der Waals surface area contributed by atoms with Gasteiger partial charge >= 0.3 is 0 Å². The molecule has 0 aromatic rings. The summed E-state index contributed by atoms with van der Waals surface area (Å²) in [6.45, 7) is 1.06. The predicted octanol–water partition coefficient (Wildman–Crippen LogP) is 4.30. The Morgan fingerprint density at radius 3 is 2.53 bits per heavy atom. The summed E-state index contributed by atoms with van der Waals surface area (Å²) in [5, 5.41) is 3.86. The average molecular weight is 262 g/mol. The molecular weight excluding hydrogens is 232 g/mol. The minimum Gasteiger partial charge on any atom is -0.371 e. The van der Waals surface area contributed by atoms with Gasteiger partial charge in [0.05, 0.1) is 5.84 Å². The van der Waals surface area contributed by atoms with Crippen molar-refractivity contribution in [2.24, 2.45) is 16.8 Å². The van der Waals surface area contributed by atoms with E-state index in [-0.39, 0.29) is 0 Å². The molecule has 2 nitrogen and oxygen atoms in total. The van der Waals surface area contributed by atoms with Crippen LogP contribution in [-0.2, 0) is 0 Å². The highest BCUT2D eigenvalue weighted by Crippen LogP contribution is 2.39. The fourth-order valence-corrected chi connectivity index (χ4v) is 4.50. The SMILES string of the molecule is C1CCN=C(N[C@@H]2CCC[C@H]2C2CCCCC2)CC1. The Bertz CT molecular complexity index is 304. The molecule has 2 saturated carbocycles. The smallest absolute Gasteiger partial charge is 0.0965 e. The van der Waals surface area contributed by atoms with E-state index < -0.39 is 0 Å². The van der Waals surface area contributed by atoms with Crippen LogP contribution in [0.1, 0.15) is 77.0 Å². The normalized spacial score (nSPS) is 33.8. The highest BCUT2D eigenvalue weighted by molar-refractivity contribution is 5.82. The molecule has 2 heteroatoms. The fourth-order valence-electron chi connectivity index (χ4n) is 4.50. The van der Waals surface area contributed by atoms with E-state index in [4.69, 9.17) is 4.99 Å². The first-order chi connectivity index (χ1) is 9.43. The zero-order chi connectivity index (χ0) is 12.9. The summed E-state index contributed by atoms with van der Waals surface area (Å²) in [6.07, 6.45) is 16.9. The van der Waals surface area contributed by atoms with E-state index in [2.05, 4.69) is 5.32 Å². The lowest BCUT2D eigenvalue weighted by Crippen LogP contribution is -2.40. The van der Waals surface area contributed by atoms with E-state index in [0.717, 1.165) is 24.4 Å². The zero-order valence-electron chi connectivity index (χ0n) is 12.4. The number of amidine groups is 1. The second-order valence-corrected chi connectivity index (χ2v) is 6.88. The highest BCUT2D eigenvalue weighted by Gasteiger charge is 2.34. The van der Waals surface area contributed by atoms with E-state index in [1.807, 2.05) is 0 Å². The van der Waals surface area contributed by atoms with Gasteiger partial charge in [-0.1, -0.05) is 44.9 Å². The molecule has 2 fully saturated rings. The molecule has 0 aromatic heterocycles. The van der Waals surface area contributed by atoms with Crippen molar-refractivity contribution >= 4 is 5.84 Å². The molecule has 0 amide bonds. The number of nitrogens with one attached hydrogen (secondary N) is 1. The lowest BCUT2D eigenvalue weighted by Gasteiger charge is -2.32. The molecular formula is C17H30N2. The van der Waals surface area contributed by atoms with Gasteiger partial charge in [0.2, 0.25) is 0 Å². The maximum Gasteiger partial charge on any atom is 0.0965 e. The molecule has 1 aliphatic heterocycles. The minimum absolute atomic E-state index is 0.750. The summed E-state index contributed by atoms with van der Waals surface area (Å²) in [6, 6.07) is 0.750. The molecule has 3 rings (SSSR count). The fraction of sp³-hybridized carbons (Fsp3) is 0.941. The third-order valence-corrected chi connectivity index (χ3v) is 5.55. The molecule has 0 radical (unpaired) electrons. The third-order valence-electron chi connectivity index (χ3n) is 5.55. The zero-order valence-corrected chi connectivity index (χ0v) is 12.4. The van der Waals surface area contributed by atoms with E-state index in [0.29, 0.717) is 0 Å². The lowest BCUT2D eigenvalue weighted by molar-refractivity contribution is 0.226. The summed E-state index contributed by atoms with van der Waals surface area (Å²) < 4.78 is 0. The van der Waals surface area contributed by atoms with Crippen molar-refractivity contribution in [3.63, 3.8) is 0 Å². The standard InChI is InChI=1S/C17H30N2/c1-3-8-14(9-4-1)15-10-7-11-16(15)19-17-12-5-2-6-13-18-17/h14-16H,1-13H2,(H,18,19)/t15-,16+/m0/s1. The Morgan fingerprint density at radius 1 is 0.789 bits per heavy atom. The molecule has 0 bridgehead atoms. The molecule has 0 spiro atoms. The summed E-state index contributed by atoms with van der Waals surface area (Å²) in [7, 11) is 0. The minimum atomic E-state index is 0.750. The molecule has 2 aliphatic carbocycles. The van der Waals surface area contributed by atoms with Gasteiger partial charge in [-0.3, -0.25) is 4.99 Å². The first-order valence-electron chi connectivity index (χ1n) is 8.73. The van der Waals surface area contributed by atoms with E-state index in [9.17, 15) is 0 Å². The summed E-state index contributed by atoms with van der Waals surface area (Å²) >= 11 is 0. The van der Waals surface area contributed by atoms with E-state index in [1.165, 1.54) is 82.9 Å². The van der Waals surface area contributed by atoms with E-state index in [1.54, 1.807) is 0 Å². The van der Waals surface area contributed by atoms with Gasteiger partial charge in [-0.25, -0.2) is 0 Å². The van der Waals surface area contributed by atoms with Gasteiger partial charge in [-0.05, 0) is 37.5 Å². The molecule has 3 aliphatic rings. The Kier molecular flexibility index (Phi) is 4.79. The van der Waals surface area contributed by atoms with Crippen LogP contribution >= 0.6 is 0 Å². The monoisotopic (exact) mass is 262 g/mol. The Balaban J connectivity index is 1.57. The van der Waals surface area contributed by atoms with Gasteiger partial charge < -0.3 is 5.32 Å². The van der Waals surface area contributed by atoms with Gasteiger partial charge in [0, 0.05) is 19.0 Å². The summed E-state index contributed by atoms with van der Waals surface area (Å²) in [5.74, 6) is 3.30. The number of aliphatic imine (C=N–C) groups is 1. The quantitative estimate of drug-likeness (QED) is 0.788. The number of nitrogens with zero attached hydrogens (tertiary/aromatic N) is 1. The maximum atomic E-state index is 4.77. The van der Waals surface area contributed by atoms with Gasteiger partial charge in [0.15, 0.2) is 0 Å². The topological polar surface area (TPSA) is 24.4 Å². The summed E-state index contributed by atoms with van der Waals surface area (Å²) in [5.41, 5.74) is 0. The molecule has 19 heavy (non-hydrogen) atoms. The molecule has 2 atom stereocenters. The van der Waals surface area contributed by atoms with Crippen molar-refractivity contribution in [2.45, 2.75) is 83.1 Å². The lowest BCUT2D eigenvalue weighted by atomic mass is 9.77. The van der Waals surface area contributed by atoms with Gasteiger partial charge in [0.1, 0.15) is 0 Å². The van der Waals surface area contributed by atoms with Crippen LogP contribution < -0.4 is 5.32 Å². The Labute approximate surface area is 118 Å². The molecule has 0 unspecified atom stereocenters. The van der Waals surface area contributed by atoms with Crippen molar-refractivity contribution in [3.05, 3.63) is 0 Å². The third kappa shape index (κ3) is 3.52. The van der Waals surface area contributed by atoms with Crippen molar-refractivity contribution in [1.82, 2.24) is 5.32 Å². The second kappa shape index (κ2) is 6.76.